The van der Waals surface area contributed by atoms with Crippen LogP contribution in [0, 0.1) is 11.3 Å². The Morgan fingerprint density at radius 3 is 2.68 bits per heavy atom. The van der Waals surface area contributed by atoms with Crippen LogP contribution in [-0.4, -0.2) is 26.1 Å². The minimum absolute atomic E-state index is 0.226. The second-order valence-electron chi connectivity index (χ2n) is 5.41. The Bertz CT molecular complexity index is 1070. The number of fused-ring (bicyclic) bond motifs is 1. The number of nitrogens with one attached hydrogen (secondary N) is 3. The Kier molecular flexibility index (Phi) is 3.48. The zero-order valence-electron chi connectivity index (χ0n) is 12.9. The van der Waals surface area contributed by atoms with Gasteiger partial charge in [0.2, 0.25) is 0 Å². The minimum atomic E-state index is -0.367. The summed E-state index contributed by atoms with van der Waals surface area (Å²) in [6, 6.07) is 18.3. The predicted molar refractivity (Wildman–Crippen MR) is 92.8 cm³/mol. The molecule has 120 valence electrons. The Morgan fingerprint density at radius 1 is 1.12 bits per heavy atom. The van der Waals surface area contributed by atoms with Crippen molar-refractivity contribution in [2.24, 2.45) is 0 Å². The Morgan fingerprint density at radius 2 is 1.92 bits per heavy atom. The number of anilines is 1. The first-order chi connectivity index (χ1) is 12.2. The number of carbonyl (C=O) groups excluding carboxylic acids is 1. The SMILES string of the molecule is N#Cc1ccc(-c2cc(NC(=O)c3nc4ccccc4[nH]3)n[nH]2)cc1. The summed E-state index contributed by atoms with van der Waals surface area (Å²) < 4.78 is 0. The number of rotatable bonds is 3. The van der Waals surface area contributed by atoms with Gasteiger partial charge >= 0.3 is 0 Å². The van der Waals surface area contributed by atoms with Gasteiger partial charge in [-0.2, -0.15) is 10.4 Å². The molecule has 3 N–H and O–H groups in total. The second kappa shape index (κ2) is 5.94. The number of benzene rings is 2. The fourth-order valence-corrected chi connectivity index (χ4v) is 2.49. The number of carbonyl (C=O) groups is 1. The maximum Gasteiger partial charge on any atom is 0.292 e. The lowest BCUT2D eigenvalue weighted by molar-refractivity contribution is 0.101. The zero-order valence-corrected chi connectivity index (χ0v) is 12.9. The first-order valence-corrected chi connectivity index (χ1v) is 7.55. The van der Waals surface area contributed by atoms with Gasteiger partial charge in [-0.3, -0.25) is 9.89 Å². The summed E-state index contributed by atoms with van der Waals surface area (Å²) in [5.74, 6) is 0.253. The molecular weight excluding hydrogens is 316 g/mol. The van der Waals surface area contributed by atoms with Crippen molar-refractivity contribution in [2.75, 3.05) is 5.32 Å². The maximum atomic E-state index is 12.3. The van der Waals surface area contributed by atoms with Gasteiger partial charge in [0.25, 0.3) is 5.91 Å². The van der Waals surface area contributed by atoms with Crippen molar-refractivity contribution in [3.05, 3.63) is 66.0 Å². The number of hydrogen-bond acceptors (Lipinski definition) is 4. The Balaban J connectivity index is 1.53. The molecule has 4 rings (SSSR count). The average Bonchev–Trinajstić information content (AvgIpc) is 3.28. The smallest absolute Gasteiger partial charge is 0.292 e. The molecule has 0 saturated heterocycles. The lowest BCUT2D eigenvalue weighted by atomic mass is 10.1. The molecule has 0 spiro atoms. The van der Waals surface area contributed by atoms with Gasteiger partial charge in [0.05, 0.1) is 28.4 Å². The van der Waals surface area contributed by atoms with Gasteiger partial charge in [-0.05, 0) is 29.8 Å². The third-order valence-electron chi connectivity index (χ3n) is 3.75. The van der Waals surface area contributed by atoms with E-state index in [1.54, 1.807) is 18.2 Å². The second-order valence-corrected chi connectivity index (χ2v) is 5.41. The highest BCUT2D eigenvalue weighted by Crippen LogP contribution is 2.20. The summed E-state index contributed by atoms with van der Waals surface area (Å²) in [4.78, 5) is 19.5. The van der Waals surface area contributed by atoms with Crippen LogP contribution in [0.5, 0.6) is 0 Å². The number of nitriles is 1. The number of aromatic nitrogens is 4. The number of amides is 1. The third kappa shape index (κ3) is 2.84. The van der Waals surface area contributed by atoms with Gasteiger partial charge < -0.3 is 10.3 Å². The van der Waals surface area contributed by atoms with Crippen LogP contribution in [-0.2, 0) is 0 Å². The molecule has 2 aromatic carbocycles. The van der Waals surface area contributed by atoms with E-state index < -0.39 is 0 Å². The number of hydrogen-bond donors (Lipinski definition) is 3. The van der Waals surface area contributed by atoms with Crippen LogP contribution in [0.2, 0.25) is 0 Å². The molecule has 0 bridgehead atoms. The standard InChI is InChI=1S/C18H12N6O/c19-10-11-5-7-12(8-6-11)15-9-16(24-23-15)22-18(25)17-20-13-3-1-2-4-14(13)21-17/h1-9H,(H,20,21)(H2,22,23,24,25). The van der Waals surface area contributed by atoms with E-state index >= 15 is 0 Å². The van der Waals surface area contributed by atoms with E-state index in [9.17, 15) is 4.79 Å². The Hall–Kier alpha value is -3.92. The molecule has 7 heteroatoms. The third-order valence-corrected chi connectivity index (χ3v) is 3.75. The summed E-state index contributed by atoms with van der Waals surface area (Å²) in [5.41, 5.74) is 3.72. The van der Waals surface area contributed by atoms with Gasteiger partial charge in [-0.15, -0.1) is 0 Å². The number of aromatic amines is 2. The van der Waals surface area contributed by atoms with E-state index in [0.717, 1.165) is 22.3 Å². The first-order valence-electron chi connectivity index (χ1n) is 7.55. The van der Waals surface area contributed by atoms with Crippen LogP contribution < -0.4 is 5.32 Å². The van der Waals surface area contributed by atoms with Gasteiger partial charge in [0.1, 0.15) is 0 Å². The normalized spacial score (nSPS) is 10.5. The molecule has 0 aliphatic heterocycles. The summed E-state index contributed by atoms with van der Waals surface area (Å²) in [6.45, 7) is 0. The van der Waals surface area contributed by atoms with Crippen molar-refractivity contribution < 1.29 is 4.79 Å². The molecule has 0 aliphatic carbocycles. The lowest BCUT2D eigenvalue weighted by Gasteiger charge is -1.97. The quantitative estimate of drug-likeness (QED) is 0.536. The van der Waals surface area contributed by atoms with Crippen LogP contribution in [0.15, 0.2) is 54.6 Å². The molecule has 4 aromatic rings. The average molecular weight is 328 g/mol. The van der Waals surface area contributed by atoms with Gasteiger partial charge in [0.15, 0.2) is 11.6 Å². The molecule has 2 aromatic heterocycles. The van der Waals surface area contributed by atoms with Gasteiger partial charge in [-0.25, -0.2) is 4.98 Å². The van der Waals surface area contributed by atoms with E-state index in [1.807, 2.05) is 36.4 Å². The molecular formula is C18H12N6O. The van der Waals surface area contributed by atoms with Crippen LogP contribution in [0.25, 0.3) is 22.3 Å². The first kappa shape index (κ1) is 14.7. The van der Waals surface area contributed by atoms with E-state index in [4.69, 9.17) is 5.26 Å². The highest BCUT2D eigenvalue weighted by molar-refractivity contribution is 6.03. The molecule has 2 heterocycles. The fourth-order valence-electron chi connectivity index (χ4n) is 2.49. The molecule has 0 saturated carbocycles. The number of H-pyrrole nitrogens is 2. The van der Waals surface area contributed by atoms with Gasteiger partial charge in [-0.1, -0.05) is 24.3 Å². The summed E-state index contributed by atoms with van der Waals surface area (Å²) in [7, 11) is 0. The van der Waals surface area contributed by atoms with Crippen molar-refractivity contribution in [1.82, 2.24) is 20.2 Å². The maximum absolute atomic E-state index is 12.3. The lowest BCUT2D eigenvalue weighted by Crippen LogP contribution is -2.13. The van der Waals surface area contributed by atoms with E-state index in [-0.39, 0.29) is 11.7 Å². The predicted octanol–water partition coefficient (Wildman–Crippen LogP) is 3.08. The molecule has 0 fully saturated rings. The molecule has 0 radical (unpaired) electrons. The number of nitrogens with zero attached hydrogens (tertiary/aromatic N) is 3. The van der Waals surface area contributed by atoms with Crippen molar-refractivity contribution in [1.29, 1.82) is 5.26 Å². The molecule has 1 amide bonds. The van der Waals surface area contributed by atoms with Crippen molar-refractivity contribution in [3.63, 3.8) is 0 Å². The highest BCUT2D eigenvalue weighted by Gasteiger charge is 2.13. The highest BCUT2D eigenvalue weighted by atomic mass is 16.2. The van der Waals surface area contributed by atoms with Crippen LogP contribution in [0.4, 0.5) is 5.82 Å². The summed E-state index contributed by atoms with van der Waals surface area (Å²) in [6.07, 6.45) is 0. The van der Waals surface area contributed by atoms with E-state index in [2.05, 4.69) is 31.6 Å². The van der Waals surface area contributed by atoms with Crippen molar-refractivity contribution in [2.45, 2.75) is 0 Å². The zero-order chi connectivity index (χ0) is 17.2. The molecule has 7 nitrogen and oxygen atoms in total. The molecule has 25 heavy (non-hydrogen) atoms. The van der Waals surface area contributed by atoms with Crippen LogP contribution >= 0.6 is 0 Å². The van der Waals surface area contributed by atoms with E-state index in [1.165, 1.54) is 0 Å². The van der Waals surface area contributed by atoms with Crippen molar-refractivity contribution >= 4 is 22.8 Å². The van der Waals surface area contributed by atoms with Crippen LogP contribution in [0.3, 0.4) is 0 Å². The fraction of sp³-hybridized carbons (Fsp3) is 0. The Labute approximate surface area is 142 Å². The molecule has 0 unspecified atom stereocenters. The summed E-state index contributed by atoms with van der Waals surface area (Å²) >= 11 is 0. The molecule has 0 atom stereocenters. The number of para-hydroxylation sites is 2. The minimum Gasteiger partial charge on any atom is -0.334 e. The molecule has 0 aliphatic rings. The summed E-state index contributed by atoms with van der Waals surface area (Å²) in [5, 5.41) is 18.5. The van der Waals surface area contributed by atoms with E-state index in [0.29, 0.717) is 11.4 Å². The topological polar surface area (TPSA) is 110 Å². The largest absolute Gasteiger partial charge is 0.334 e. The monoisotopic (exact) mass is 328 g/mol. The van der Waals surface area contributed by atoms with Gasteiger partial charge in [0, 0.05) is 6.07 Å². The number of imidazole rings is 1. The van der Waals surface area contributed by atoms with Crippen LogP contribution in [0.1, 0.15) is 16.2 Å². The van der Waals surface area contributed by atoms with Crippen molar-refractivity contribution in [3.8, 4) is 17.3 Å².